The summed E-state index contributed by atoms with van der Waals surface area (Å²) >= 11 is 0. The highest BCUT2D eigenvalue weighted by molar-refractivity contribution is 5.69. The molecule has 0 heterocycles. The first-order valence-electron chi connectivity index (χ1n) is 3.94. The average molecular weight is 190 g/mol. The molecule has 0 saturated heterocycles. The maximum absolute atomic E-state index is 10.7. The number of carboxylic acid groups (broad SMARTS) is 1. The van der Waals surface area contributed by atoms with Crippen LogP contribution in [0.25, 0.3) is 0 Å². The van der Waals surface area contributed by atoms with Crippen molar-refractivity contribution in [2.24, 2.45) is 0 Å². The summed E-state index contributed by atoms with van der Waals surface area (Å²) in [7, 11) is 1.22. The first-order valence-corrected chi connectivity index (χ1v) is 3.94. The molecular weight excluding hydrogens is 176 g/mol. The highest BCUT2D eigenvalue weighted by Crippen LogP contribution is 1.93. The minimum absolute atomic E-state index is 0.529. The Kier molecular flexibility index (Phi) is 5.42. The van der Waals surface area contributed by atoms with Gasteiger partial charge in [-0.3, -0.25) is 0 Å². The van der Waals surface area contributed by atoms with E-state index in [0.29, 0.717) is 6.42 Å². The number of nitrogens with one attached hydrogen (secondary N) is 2. The molecule has 13 heavy (non-hydrogen) atoms. The molecule has 1 unspecified atom stereocenters. The molecule has 76 valence electrons. The van der Waals surface area contributed by atoms with E-state index in [0.717, 1.165) is 6.42 Å². The third-order valence-electron chi connectivity index (χ3n) is 1.35. The summed E-state index contributed by atoms with van der Waals surface area (Å²) in [5.74, 6) is 0. The van der Waals surface area contributed by atoms with E-state index in [2.05, 4.69) is 15.4 Å². The van der Waals surface area contributed by atoms with E-state index >= 15 is 0 Å². The Bertz CT molecular complexity index is 183. The van der Waals surface area contributed by atoms with Crippen LogP contribution in [0.4, 0.5) is 9.59 Å². The van der Waals surface area contributed by atoms with Crippen LogP contribution in [-0.2, 0) is 4.74 Å². The van der Waals surface area contributed by atoms with Gasteiger partial charge in [-0.1, -0.05) is 13.3 Å². The molecule has 0 spiro atoms. The molecule has 0 bridgehead atoms. The molecule has 6 nitrogen and oxygen atoms in total. The van der Waals surface area contributed by atoms with Crippen LogP contribution in [-0.4, -0.2) is 30.6 Å². The summed E-state index contributed by atoms with van der Waals surface area (Å²) in [6, 6.07) is 0. The Morgan fingerprint density at radius 3 is 2.46 bits per heavy atom. The van der Waals surface area contributed by atoms with E-state index in [1.54, 1.807) is 0 Å². The summed E-state index contributed by atoms with van der Waals surface area (Å²) < 4.78 is 4.33. The molecule has 0 rings (SSSR count). The van der Waals surface area contributed by atoms with Crippen molar-refractivity contribution in [2.75, 3.05) is 7.11 Å². The molecule has 0 aliphatic rings. The van der Waals surface area contributed by atoms with Crippen molar-refractivity contribution in [1.82, 2.24) is 10.6 Å². The van der Waals surface area contributed by atoms with E-state index in [1.165, 1.54) is 7.11 Å². The number of alkyl carbamates (subject to hydrolysis) is 1. The minimum Gasteiger partial charge on any atom is -0.465 e. The fourth-order valence-corrected chi connectivity index (χ4v) is 0.819. The first-order chi connectivity index (χ1) is 6.10. The summed E-state index contributed by atoms with van der Waals surface area (Å²) in [5.41, 5.74) is 0. The van der Waals surface area contributed by atoms with E-state index in [9.17, 15) is 9.59 Å². The summed E-state index contributed by atoms with van der Waals surface area (Å²) in [4.78, 5) is 21.0. The van der Waals surface area contributed by atoms with Crippen molar-refractivity contribution in [3.63, 3.8) is 0 Å². The summed E-state index contributed by atoms with van der Waals surface area (Å²) in [6.07, 6.45) is -1.12. The number of carbonyl (C=O) groups excluding carboxylic acids is 1. The van der Waals surface area contributed by atoms with Crippen LogP contribution in [0.3, 0.4) is 0 Å². The maximum Gasteiger partial charge on any atom is 0.408 e. The quantitative estimate of drug-likeness (QED) is 0.570. The van der Waals surface area contributed by atoms with Gasteiger partial charge in [-0.05, 0) is 6.42 Å². The number of ether oxygens (including phenoxy) is 1. The Morgan fingerprint density at radius 2 is 2.08 bits per heavy atom. The lowest BCUT2D eigenvalue weighted by atomic mass is 10.3. The van der Waals surface area contributed by atoms with Crippen LogP contribution in [0.15, 0.2) is 0 Å². The van der Waals surface area contributed by atoms with Gasteiger partial charge < -0.3 is 20.5 Å². The Hall–Kier alpha value is -1.46. The molecule has 0 radical (unpaired) electrons. The standard InChI is InChI=1S/C7H14N2O4/c1-3-4-5(8-6(10)11)9-7(12)13-2/h5,8H,3-4H2,1-2H3,(H,9,12)(H,10,11). The fraction of sp³-hybridized carbons (Fsp3) is 0.714. The van der Waals surface area contributed by atoms with Gasteiger partial charge in [0.25, 0.3) is 0 Å². The molecular formula is C7H14N2O4. The Balaban J connectivity index is 3.93. The number of hydrogen-bond acceptors (Lipinski definition) is 3. The predicted octanol–water partition coefficient (Wildman–Crippen LogP) is 0.736. The lowest BCUT2D eigenvalue weighted by Gasteiger charge is -2.16. The third-order valence-corrected chi connectivity index (χ3v) is 1.35. The molecule has 2 amide bonds. The van der Waals surface area contributed by atoms with Crippen LogP contribution in [0.2, 0.25) is 0 Å². The second kappa shape index (κ2) is 6.10. The van der Waals surface area contributed by atoms with Crippen molar-refractivity contribution in [2.45, 2.75) is 25.9 Å². The fourth-order valence-electron chi connectivity index (χ4n) is 0.819. The smallest absolute Gasteiger partial charge is 0.408 e. The lowest BCUT2D eigenvalue weighted by molar-refractivity contribution is 0.159. The highest BCUT2D eigenvalue weighted by Gasteiger charge is 2.12. The van der Waals surface area contributed by atoms with Gasteiger partial charge in [0.1, 0.15) is 6.17 Å². The largest absolute Gasteiger partial charge is 0.465 e. The topological polar surface area (TPSA) is 87.7 Å². The summed E-state index contributed by atoms with van der Waals surface area (Å²) in [5, 5.41) is 12.9. The van der Waals surface area contributed by atoms with Gasteiger partial charge in [-0.15, -0.1) is 0 Å². The van der Waals surface area contributed by atoms with Crippen molar-refractivity contribution < 1.29 is 19.4 Å². The zero-order valence-electron chi connectivity index (χ0n) is 7.66. The zero-order chi connectivity index (χ0) is 10.3. The lowest BCUT2D eigenvalue weighted by Crippen LogP contribution is -2.47. The number of methoxy groups -OCH3 is 1. The van der Waals surface area contributed by atoms with Crippen molar-refractivity contribution in [1.29, 1.82) is 0 Å². The minimum atomic E-state index is -1.17. The number of amides is 2. The molecule has 0 saturated carbocycles. The van der Waals surface area contributed by atoms with Crippen LogP contribution >= 0.6 is 0 Å². The zero-order valence-corrected chi connectivity index (χ0v) is 7.66. The monoisotopic (exact) mass is 190 g/mol. The van der Waals surface area contributed by atoms with Gasteiger partial charge in [0.05, 0.1) is 7.11 Å². The normalized spacial score (nSPS) is 11.5. The van der Waals surface area contributed by atoms with Crippen LogP contribution in [0, 0.1) is 0 Å². The number of hydrogen-bond donors (Lipinski definition) is 3. The van der Waals surface area contributed by atoms with E-state index < -0.39 is 18.4 Å². The molecule has 0 aromatic carbocycles. The molecule has 0 aromatic heterocycles. The molecule has 0 fully saturated rings. The second-order valence-corrected chi connectivity index (χ2v) is 2.43. The molecule has 0 aliphatic heterocycles. The molecule has 0 aliphatic carbocycles. The van der Waals surface area contributed by atoms with E-state index in [4.69, 9.17) is 5.11 Å². The summed E-state index contributed by atoms with van der Waals surface area (Å²) in [6.45, 7) is 1.88. The molecule has 0 aromatic rings. The molecule has 1 atom stereocenters. The van der Waals surface area contributed by atoms with Crippen LogP contribution in [0.1, 0.15) is 19.8 Å². The third kappa shape index (κ3) is 5.77. The number of carbonyl (C=O) groups is 2. The maximum atomic E-state index is 10.7. The van der Waals surface area contributed by atoms with Gasteiger partial charge >= 0.3 is 12.2 Å². The Labute approximate surface area is 76.3 Å². The molecule has 3 N–H and O–H groups in total. The van der Waals surface area contributed by atoms with E-state index in [-0.39, 0.29) is 0 Å². The average Bonchev–Trinajstić information content (AvgIpc) is 2.03. The van der Waals surface area contributed by atoms with Crippen molar-refractivity contribution in [3.8, 4) is 0 Å². The first kappa shape index (κ1) is 11.5. The Morgan fingerprint density at radius 1 is 1.46 bits per heavy atom. The second-order valence-electron chi connectivity index (χ2n) is 2.43. The van der Waals surface area contributed by atoms with Crippen LogP contribution in [0.5, 0.6) is 0 Å². The van der Waals surface area contributed by atoms with Gasteiger partial charge in [0, 0.05) is 0 Å². The van der Waals surface area contributed by atoms with E-state index in [1.807, 2.05) is 6.92 Å². The van der Waals surface area contributed by atoms with Gasteiger partial charge in [0.2, 0.25) is 0 Å². The predicted molar refractivity (Wildman–Crippen MR) is 45.4 cm³/mol. The van der Waals surface area contributed by atoms with Crippen molar-refractivity contribution >= 4 is 12.2 Å². The van der Waals surface area contributed by atoms with Gasteiger partial charge in [-0.25, -0.2) is 9.59 Å². The van der Waals surface area contributed by atoms with Gasteiger partial charge in [0.15, 0.2) is 0 Å². The van der Waals surface area contributed by atoms with Crippen molar-refractivity contribution in [3.05, 3.63) is 0 Å². The van der Waals surface area contributed by atoms with Crippen LogP contribution < -0.4 is 10.6 Å². The van der Waals surface area contributed by atoms with Gasteiger partial charge in [-0.2, -0.15) is 0 Å². The highest BCUT2D eigenvalue weighted by atomic mass is 16.5. The molecule has 6 heteroatoms. The number of rotatable bonds is 4. The SMILES string of the molecule is CCCC(NC(=O)O)NC(=O)OC.